The monoisotopic (exact) mass is 217 g/mol. The standard InChI is InChI=1S/C9H12FNO2S/c1-14(12,13)9-4-2-8(3-5-9)11-7-6-10/h2-5,11H,6-7H2,1H3. The van der Waals surface area contributed by atoms with Gasteiger partial charge in [-0.2, -0.15) is 0 Å². The topological polar surface area (TPSA) is 46.2 Å². The molecular weight excluding hydrogens is 205 g/mol. The van der Waals surface area contributed by atoms with E-state index in [0.29, 0.717) is 0 Å². The lowest BCUT2D eigenvalue weighted by Crippen LogP contribution is -2.03. The van der Waals surface area contributed by atoms with Crippen molar-refractivity contribution in [3.05, 3.63) is 24.3 Å². The lowest BCUT2D eigenvalue weighted by molar-refractivity contribution is 0.513. The molecule has 0 unspecified atom stereocenters. The number of sulfone groups is 1. The highest BCUT2D eigenvalue weighted by molar-refractivity contribution is 7.90. The average Bonchev–Trinajstić information content (AvgIpc) is 2.14. The second-order valence-electron chi connectivity index (χ2n) is 2.91. The molecule has 1 N–H and O–H groups in total. The number of nitrogens with one attached hydrogen (secondary N) is 1. The molecule has 0 spiro atoms. The maximum atomic E-state index is 11.8. The average molecular weight is 217 g/mol. The normalized spacial score (nSPS) is 11.3. The number of alkyl halides is 1. The Kier molecular flexibility index (Phi) is 3.46. The minimum Gasteiger partial charge on any atom is -0.382 e. The van der Waals surface area contributed by atoms with Crippen LogP contribution in [0, 0.1) is 0 Å². The summed E-state index contributed by atoms with van der Waals surface area (Å²) in [5.74, 6) is 0. The Morgan fingerprint density at radius 3 is 2.29 bits per heavy atom. The third-order valence-electron chi connectivity index (χ3n) is 1.71. The molecule has 0 aliphatic rings. The van der Waals surface area contributed by atoms with E-state index in [1.807, 2.05) is 0 Å². The van der Waals surface area contributed by atoms with Gasteiger partial charge in [0, 0.05) is 18.5 Å². The molecule has 14 heavy (non-hydrogen) atoms. The lowest BCUT2D eigenvalue weighted by atomic mass is 10.3. The number of halogens is 1. The second-order valence-corrected chi connectivity index (χ2v) is 4.93. The maximum absolute atomic E-state index is 11.8. The van der Waals surface area contributed by atoms with Crippen molar-refractivity contribution in [1.29, 1.82) is 0 Å². The van der Waals surface area contributed by atoms with Crippen molar-refractivity contribution in [3.8, 4) is 0 Å². The van der Waals surface area contributed by atoms with Crippen molar-refractivity contribution in [2.24, 2.45) is 0 Å². The summed E-state index contributed by atoms with van der Waals surface area (Å²) < 4.78 is 33.9. The van der Waals surface area contributed by atoms with E-state index >= 15 is 0 Å². The van der Waals surface area contributed by atoms with Gasteiger partial charge >= 0.3 is 0 Å². The van der Waals surface area contributed by atoms with Crippen molar-refractivity contribution in [1.82, 2.24) is 0 Å². The van der Waals surface area contributed by atoms with E-state index in [9.17, 15) is 12.8 Å². The molecule has 0 saturated heterocycles. The van der Waals surface area contributed by atoms with Crippen LogP contribution in [-0.4, -0.2) is 27.9 Å². The number of rotatable bonds is 4. The van der Waals surface area contributed by atoms with Gasteiger partial charge in [-0.25, -0.2) is 12.8 Å². The summed E-state index contributed by atoms with van der Waals surface area (Å²) in [5, 5.41) is 2.80. The van der Waals surface area contributed by atoms with E-state index < -0.39 is 16.5 Å². The van der Waals surface area contributed by atoms with Crippen LogP contribution in [0.1, 0.15) is 0 Å². The third-order valence-corrected chi connectivity index (χ3v) is 2.83. The number of hydrogen-bond donors (Lipinski definition) is 1. The number of anilines is 1. The van der Waals surface area contributed by atoms with E-state index in [0.717, 1.165) is 11.9 Å². The van der Waals surface area contributed by atoms with Gasteiger partial charge in [0.15, 0.2) is 9.84 Å². The Morgan fingerprint density at radius 1 is 1.29 bits per heavy atom. The summed E-state index contributed by atoms with van der Waals surface area (Å²) in [4.78, 5) is 0.267. The molecule has 0 aromatic heterocycles. The van der Waals surface area contributed by atoms with Crippen LogP contribution in [0.4, 0.5) is 10.1 Å². The van der Waals surface area contributed by atoms with Crippen LogP contribution in [0.2, 0.25) is 0 Å². The van der Waals surface area contributed by atoms with Crippen LogP contribution in [0.3, 0.4) is 0 Å². The Labute approximate surface area is 82.9 Å². The van der Waals surface area contributed by atoms with Gasteiger partial charge in [-0.15, -0.1) is 0 Å². The summed E-state index contributed by atoms with van der Waals surface area (Å²) in [6, 6.07) is 6.23. The summed E-state index contributed by atoms with van der Waals surface area (Å²) in [6.07, 6.45) is 1.15. The van der Waals surface area contributed by atoms with Crippen molar-refractivity contribution in [2.75, 3.05) is 24.8 Å². The molecule has 1 rings (SSSR count). The first kappa shape index (κ1) is 11.0. The van der Waals surface area contributed by atoms with Gasteiger partial charge in [-0.05, 0) is 24.3 Å². The van der Waals surface area contributed by atoms with Gasteiger partial charge in [-0.3, -0.25) is 0 Å². The van der Waals surface area contributed by atoms with E-state index in [1.165, 1.54) is 12.1 Å². The fourth-order valence-corrected chi connectivity index (χ4v) is 1.64. The van der Waals surface area contributed by atoms with E-state index in [-0.39, 0.29) is 11.4 Å². The predicted molar refractivity (Wildman–Crippen MR) is 54.0 cm³/mol. The highest BCUT2D eigenvalue weighted by Crippen LogP contribution is 2.13. The molecule has 5 heteroatoms. The van der Waals surface area contributed by atoms with Gasteiger partial charge in [0.1, 0.15) is 6.67 Å². The highest BCUT2D eigenvalue weighted by atomic mass is 32.2. The van der Waals surface area contributed by atoms with Crippen LogP contribution in [-0.2, 0) is 9.84 Å². The number of hydrogen-bond acceptors (Lipinski definition) is 3. The smallest absolute Gasteiger partial charge is 0.175 e. The molecule has 1 aromatic carbocycles. The largest absolute Gasteiger partial charge is 0.382 e. The quantitative estimate of drug-likeness (QED) is 0.830. The summed E-state index contributed by atoms with van der Waals surface area (Å²) >= 11 is 0. The molecule has 0 bridgehead atoms. The molecule has 0 heterocycles. The molecule has 3 nitrogen and oxygen atoms in total. The minimum absolute atomic E-state index is 0.234. The molecule has 0 amide bonds. The van der Waals surface area contributed by atoms with Crippen molar-refractivity contribution >= 4 is 15.5 Å². The predicted octanol–water partition coefficient (Wildman–Crippen LogP) is 1.47. The zero-order chi connectivity index (χ0) is 10.6. The van der Waals surface area contributed by atoms with Crippen LogP contribution >= 0.6 is 0 Å². The van der Waals surface area contributed by atoms with Crippen molar-refractivity contribution < 1.29 is 12.8 Å². The van der Waals surface area contributed by atoms with Crippen LogP contribution in [0.15, 0.2) is 29.2 Å². The fourth-order valence-electron chi connectivity index (χ4n) is 1.01. The van der Waals surface area contributed by atoms with Gasteiger partial charge in [0.05, 0.1) is 4.90 Å². The zero-order valence-corrected chi connectivity index (χ0v) is 8.64. The molecule has 78 valence electrons. The molecule has 0 atom stereocenters. The first-order valence-corrected chi connectivity index (χ1v) is 6.03. The van der Waals surface area contributed by atoms with E-state index in [1.54, 1.807) is 12.1 Å². The summed E-state index contributed by atoms with van der Waals surface area (Å²) in [7, 11) is -3.14. The third kappa shape index (κ3) is 2.99. The van der Waals surface area contributed by atoms with Crippen LogP contribution < -0.4 is 5.32 Å². The highest BCUT2D eigenvalue weighted by Gasteiger charge is 2.05. The minimum atomic E-state index is -3.14. The molecule has 0 saturated carbocycles. The van der Waals surface area contributed by atoms with Gasteiger partial charge < -0.3 is 5.32 Å². The molecule has 0 radical (unpaired) electrons. The maximum Gasteiger partial charge on any atom is 0.175 e. The van der Waals surface area contributed by atoms with Crippen LogP contribution in [0.5, 0.6) is 0 Å². The lowest BCUT2D eigenvalue weighted by Gasteiger charge is -2.04. The van der Waals surface area contributed by atoms with E-state index in [4.69, 9.17) is 0 Å². The first-order valence-electron chi connectivity index (χ1n) is 4.14. The zero-order valence-electron chi connectivity index (χ0n) is 7.83. The molecule has 0 aliphatic heterocycles. The second kappa shape index (κ2) is 4.41. The van der Waals surface area contributed by atoms with Gasteiger partial charge in [0.2, 0.25) is 0 Å². The first-order chi connectivity index (χ1) is 6.54. The SMILES string of the molecule is CS(=O)(=O)c1ccc(NCCF)cc1. The Morgan fingerprint density at radius 2 is 1.86 bits per heavy atom. The van der Waals surface area contributed by atoms with Gasteiger partial charge in [-0.1, -0.05) is 0 Å². The Bertz CT molecular complexity index is 386. The molecule has 0 aliphatic carbocycles. The molecule has 0 fully saturated rings. The van der Waals surface area contributed by atoms with Crippen molar-refractivity contribution in [3.63, 3.8) is 0 Å². The summed E-state index contributed by atoms with van der Waals surface area (Å²) in [5.41, 5.74) is 0.718. The van der Waals surface area contributed by atoms with Crippen LogP contribution in [0.25, 0.3) is 0 Å². The van der Waals surface area contributed by atoms with Crippen molar-refractivity contribution in [2.45, 2.75) is 4.90 Å². The molecule has 1 aromatic rings. The van der Waals surface area contributed by atoms with Gasteiger partial charge in [0.25, 0.3) is 0 Å². The fraction of sp³-hybridized carbons (Fsp3) is 0.333. The Balaban J connectivity index is 2.79. The number of benzene rings is 1. The molecular formula is C9H12FNO2S. The van der Waals surface area contributed by atoms with E-state index in [2.05, 4.69) is 5.32 Å². The summed E-state index contributed by atoms with van der Waals surface area (Å²) in [6.45, 7) is -0.216. The Hall–Kier alpha value is -1.10.